The van der Waals surface area contributed by atoms with Crippen LogP contribution in [0.3, 0.4) is 0 Å². The van der Waals surface area contributed by atoms with Crippen LogP contribution in [0.5, 0.6) is 0 Å². The lowest BCUT2D eigenvalue weighted by atomic mass is 9.95. The molecule has 1 rings (SSSR count). The molecule has 3 nitrogen and oxygen atoms in total. The summed E-state index contributed by atoms with van der Waals surface area (Å²) in [6.07, 6.45) is 0. The first-order chi connectivity index (χ1) is 6.45. The van der Waals surface area contributed by atoms with Gasteiger partial charge in [-0.3, -0.25) is 4.79 Å². The number of halogens is 1. The van der Waals surface area contributed by atoms with Crippen molar-refractivity contribution in [1.82, 2.24) is 0 Å². The van der Waals surface area contributed by atoms with Crippen molar-refractivity contribution in [1.29, 1.82) is 5.26 Å². The molecule has 0 aliphatic rings. The monoisotopic (exact) mass is 228 g/mol. The second kappa shape index (κ2) is 3.99. The van der Waals surface area contributed by atoms with E-state index < -0.39 is 5.41 Å². The SMILES string of the molecule is CC(C)(C#N)C(=O)Nc1ccc(Cl)s1. The molecule has 0 unspecified atom stereocenters. The van der Waals surface area contributed by atoms with Gasteiger partial charge in [0.05, 0.1) is 15.4 Å². The van der Waals surface area contributed by atoms with Crippen LogP contribution in [-0.2, 0) is 4.79 Å². The molecule has 0 aliphatic carbocycles. The van der Waals surface area contributed by atoms with E-state index in [0.717, 1.165) is 0 Å². The number of thiophene rings is 1. The Kier molecular flexibility index (Phi) is 3.14. The van der Waals surface area contributed by atoms with Crippen LogP contribution in [-0.4, -0.2) is 5.91 Å². The van der Waals surface area contributed by atoms with Gasteiger partial charge in [-0.2, -0.15) is 5.26 Å². The van der Waals surface area contributed by atoms with Gasteiger partial charge in [0.25, 0.3) is 0 Å². The van der Waals surface area contributed by atoms with Gasteiger partial charge in [0.15, 0.2) is 0 Å². The Balaban J connectivity index is 2.72. The maximum absolute atomic E-state index is 11.5. The van der Waals surface area contributed by atoms with E-state index in [1.54, 1.807) is 26.0 Å². The number of amides is 1. The van der Waals surface area contributed by atoms with E-state index in [2.05, 4.69) is 5.32 Å². The largest absolute Gasteiger partial charge is 0.316 e. The van der Waals surface area contributed by atoms with Crippen molar-refractivity contribution in [3.63, 3.8) is 0 Å². The molecule has 14 heavy (non-hydrogen) atoms. The number of nitrogens with zero attached hydrogens (tertiary/aromatic N) is 1. The number of rotatable bonds is 2. The van der Waals surface area contributed by atoms with Crippen molar-refractivity contribution in [2.75, 3.05) is 5.32 Å². The Bertz CT molecular complexity index is 392. The van der Waals surface area contributed by atoms with Crippen LogP contribution in [0.4, 0.5) is 5.00 Å². The van der Waals surface area contributed by atoms with Crippen LogP contribution in [0.1, 0.15) is 13.8 Å². The zero-order valence-electron chi connectivity index (χ0n) is 7.80. The summed E-state index contributed by atoms with van der Waals surface area (Å²) in [7, 11) is 0. The zero-order valence-corrected chi connectivity index (χ0v) is 9.37. The van der Waals surface area contributed by atoms with Crippen LogP contribution < -0.4 is 5.32 Å². The lowest BCUT2D eigenvalue weighted by Crippen LogP contribution is -2.28. The van der Waals surface area contributed by atoms with Gasteiger partial charge in [-0.25, -0.2) is 0 Å². The van der Waals surface area contributed by atoms with E-state index in [1.807, 2.05) is 6.07 Å². The smallest absolute Gasteiger partial charge is 0.244 e. The van der Waals surface area contributed by atoms with Gasteiger partial charge in [-0.05, 0) is 26.0 Å². The van der Waals surface area contributed by atoms with E-state index in [9.17, 15) is 4.79 Å². The first kappa shape index (κ1) is 11.0. The summed E-state index contributed by atoms with van der Waals surface area (Å²) in [5.41, 5.74) is -1.02. The minimum absolute atomic E-state index is 0.321. The summed E-state index contributed by atoms with van der Waals surface area (Å²) in [5, 5.41) is 12.0. The normalized spacial score (nSPS) is 10.7. The molecule has 1 amide bonds. The average Bonchev–Trinajstić information content (AvgIpc) is 2.51. The number of hydrogen-bond acceptors (Lipinski definition) is 3. The fraction of sp³-hybridized carbons (Fsp3) is 0.333. The van der Waals surface area contributed by atoms with Crippen molar-refractivity contribution in [2.24, 2.45) is 5.41 Å². The highest BCUT2D eigenvalue weighted by molar-refractivity contribution is 7.20. The molecule has 74 valence electrons. The summed E-state index contributed by atoms with van der Waals surface area (Å²) < 4.78 is 0.607. The van der Waals surface area contributed by atoms with Crippen molar-refractivity contribution in [3.05, 3.63) is 16.5 Å². The van der Waals surface area contributed by atoms with Crippen LogP contribution in [0.25, 0.3) is 0 Å². The molecule has 0 saturated carbocycles. The lowest BCUT2D eigenvalue weighted by Gasteiger charge is -2.13. The quantitative estimate of drug-likeness (QED) is 0.846. The minimum Gasteiger partial charge on any atom is -0.316 e. The number of anilines is 1. The lowest BCUT2D eigenvalue weighted by molar-refractivity contribution is -0.121. The van der Waals surface area contributed by atoms with Crippen molar-refractivity contribution in [2.45, 2.75) is 13.8 Å². The molecular formula is C9H9ClN2OS. The number of carbonyl (C=O) groups excluding carboxylic acids is 1. The standard InChI is InChI=1S/C9H9ClN2OS/c1-9(2,5-11)8(13)12-7-4-3-6(10)14-7/h3-4H,1-2H3,(H,12,13). The minimum atomic E-state index is -1.02. The average molecular weight is 229 g/mol. The molecule has 0 bridgehead atoms. The van der Waals surface area contributed by atoms with Gasteiger partial charge in [0.2, 0.25) is 5.91 Å². The van der Waals surface area contributed by atoms with E-state index >= 15 is 0 Å². The fourth-order valence-electron chi connectivity index (χ4n) is 0.700. The molecule has 1 aromatic rings. The maximum atomic E-state index is 11.5. The fourth-order valence-corrected chi connectivity index (χ4v) is 1.64. The summed E-state index contributed by atoms with van der Waals surface area (Å²) in [4.78, 5) is 11.5. The van der Waals surface area contributed by atoms with E-state index in [4.69, 9.17) is 16.9 Å². The maximum Gasteiger partial charge on any atom is 0.244 e. The highest BCUT2D eigenvalue weighted by atomic mass is 35.5. The van der Waals surface area contributed by atoms with Crippen molar-refractivity contribution in [3.8, 4) is 6.07 Å². The predicted molar refractivity (Wildman–Crippen MR) is 57.4 cm³/mol. The van der Waals surface area contributed by atoms with E-state index in [1.165, 1.54) is 11.3 Å². The van der Waals surface area contributed by atoms with Gasteiger partial charge >= 0.3 is 0 Å². The van der Waals surface area contributed by atoms with E-state index in [0.29, 0.717) is 9.34 Å². The highest BCUT2D eigenvalue weighted by Gasteiger charge is 2.27. The second-order valence-corrected chi connectivity index (χ2v) is 5.01. The summed E-state index contributed by atoms with van der Waals surface area (Å²) in [6.45, 7) is 3.13. The molecule has 0 aromatic carbocycles. The highest BCUT2D eigenvalue weighted by Crippen LogP contribution is 2.27. The molecule has 1 aromatic heterocycles. The molecule has 0 radical (unpaired) electrons. The van der Waals surface area contributed by atoms with E-state index in [-0.39, 0.29) is 5.91 Å². The first-order valence-electron chi connectivity index (χ1n) is 3.94. The third-order valence-corrected chi connectivity index (χ3v) is 2.80. The molecule has 0 fully saturated rings. The topological polar surface area (TPSA) is 52.9 Å². The van der Waals surface area contributed by atoms with Crippen LogP contribution in [0.15, 0.2) is 12.1 Å². The molecule has 1 heterocycles. The summed E-state index contributed by atoms with van der Waals surface area (Å²) in [6, 6.07) is 5.33. The van der Waals surface area contributed by atoms with Crippen LogP contribution in [0.2, 0.25) is 4.34 Å². The Morgan fingerprint density at radius 3 is 2.71 bits per heavy atom. The third kappa shape index (κ3) is 2.47. The molecule has 0 spiro atoms. The second-order valence-electron chi connectivity index (χ2n) is 3.29. The first-order valence-corrected chi connectivity index (χ1v) is 5.13. The summed E-state index contributed by atoms with van der Waals surface area (Å²) in [5.74, 6) is -0.321. The van der Waals surface area contributed by atoms with Gasteiger partial charge in [0, 0.05) is 0 Å². The Morgan fingerprint density at radius 1 is 1.64 bits per heavy atom. The Morgan fingerprint density at radius 2 is 2.29 bits per heavy atom. The van der Waals surface area contributed by atoms with Gasteiger partial charge in [-0.15, -0.1) is 11.3 Å². The number of hydrogen-bond donors (Lipinski definition) is 1. The van der Waals surface area contributed by atoms with Crippen molar-refractivity contribution < 1.29 is 4.79 Å². The third-order valence-electron chi connectivity index (χ3n) is 1.66. The van der Waals surface area contributed by atoms with Gasteiger partial charge in [0.1, 0.15) is 5.41 Å². The summed E-state index contributed by atoms with van der Waals surface area (Å²) >= 11 is 6.96. The Labute approximate surface area is 91.3 Å². The molecule has 0 saturated heterocycles. The number of nitrogens with one attached hydrogen (secondary N) is 1. The zero-order chi connectivity index (χ0) is 10.8. The van der Waals surface area contributed by atoms with Crippen LogP contribution >= 0.6 is 22.9 Å². The van der Waals surface area contributed by atoms with Crippen LogP contribution in [0, 0.1) is 16.7 Å². The Hall–Kier alpha value is -1.05. The number of carbonyl (C=O) groups is 1. The molecule has 0 aliphatic heterocycles. The van der Waals surface area contributed by atoms with Gasteiger partial charge < -0.3 is 5.32 Å². The van der Waals surface area contributed by atoms with Crippen molar-refractivity contribution >= 4 is 33.8 Å². The molecular weight excluding hydrogens is 220 g/mol. The number of nitriles is 1. The molecule has 5 heteroatoms. The predicted octanol–water partition coefficient (Wildman–Crippen LogP) is 2.89. The molecule has 1 N–H and O–H groups in total. The van der Waals surface area contributed by atoms with Gasteiger partial charge in [-0.1, -0.05) is 11.6 Å². The molecule has 0 atom stereocenters.